The molecule has 3 aliphatic carbocycles. The summed E-state index contributed by atoms with van der Waals surface area (Å²) in [4.78, 5) is 31.5. The number of rotatable bonds is 11. The third kappa shape index (κ3) is 7.01. The second kappa shape index (κ2) is 14.4. The molecule has 55 heavy (non-hydrogen) atoms. The van der Waals surface area contributed by atoms with Crippen molar-refractivity contribution < 1.29 is 38.2 Å². The van der Waals surface area contributed by atoms with Gasteiger partial charge in [-0.15, -0.1) is 0 Å². The number of nitrogens with zero attached hydrogens (tertiary/aromatic N) is 1. The first-order valence-corrected chi connectivity index (χ1v) is 19.0. The minimum atomic E-state index is -1.09. The Morgan fingerprint density at radius 3 is 2.49 bits per heavy atom. The lowest BCUT2D eigenvalue weighted by Gasteiger charge is -2.64. The molecule has 292 valence electrons. The Balaban J connectivity index is 1.18. The number of fused-ring (bicyclic) bond motifs is 1. The lowest BCUT2D eigenvalue weighted by molar-refractivity contribution is -0.199. The van der Waals surface area contributed by atoms with Crippen molar-refractivity contribution in [1.82, 2.24) is 16.0 Å². The molecule has 1 saturated heterocycles. The maximum absolute atomic E-state index is 14.3. The standard InChI is InChI=1S/C42H53BN4O8/c1-40(2,3)30-15-14-28(38(49)50)36(53-9)29(30)20-35(43-54-34-18-26-17-33(41(26,4)5)42(34,6)55-43)47-37(48)23-10-11-24-21-44-39(46-31(24)16-23)45-22-25-12-13-27(51-7)19-32(25)52-8/h10-16,19,26,33-35H,17-18,20-22H2,1-9H3,(H,47,48)(H,49,50)(H2,44,45,46)/t26?,33?,34?,35-,42?/m0/s1. The fourth-order valence-corrected chi connectivity index (χ4v) is 9.27. The van der Waals surface area contributed by atoms with E-state index in [2.05, 4.69) is 57.5 Å². The predicted octanol–water partition coefficient (Wildman–Crippen LogP) is 6.20. The van der Waals surface area contributed by atoms with Crippen LogP contribution in [0.15, 0.2) is 53.5 Å². The summed E-state index contributed by atoms with van der Waals surface area (Å²) in [5.74, 6) is 1.04. The predicted molar refractivity (Wildman–Crippen MR) is 210 cm³/mol. The van der Waals surface area contributed by atoms with Gasteiger partial charge < -0.3 is 44.6 Å². The molecular weight excluding hydrogens is 699 g/mol. The van der Waals surface area contributed by atoms with Crippen LogP contribution >= 0.6 is 0 Å². The minimum Gasteiger partial charge on any atom is -0.497 e. The highest BCUT2D eigenvalue weighted by atomic mass is 16.7. The number of hydrogen-bond donors (Lipinski definition) is 4. The Morgan fingerprint density at radius 1 is 1.04 bits per heavy atom. The van der Waals surface area contributed by atoms with Gasteiger partial charge in [0.25, 0.3) is 5.91 Å². The number of benzene rings is 3. The monoisotopic (exact) mass is 752 g/mol. The second-order valence-corrected chi connectivity index (χ2v) is 17.0. The van der Waals surface area contributed by atoms with Gasteiger partial charge in [0.05, 0.1) is 44.7 Å². The molecule has 3 aromatic rings. The molecule has 13 heteroatoms. The van der Waals surface area contributed by atoms with Crippen LogP contribution in [0.4, 0.5) is 5.69 Å². The quantitative estimate of drug-likeness (QED) is 0.167. The summed E-state index contributed by atoms with van der Waals surface area (Å²) >= 11 is 0. The van der Waals surface area contributed by atoms with Gasteiger partial charge in [0.1, 0.15) is 22.8 Å². The Kier molecular flexibility index (Phi) is 10.1. The molecule has 2 heterocycles. The van der Waals surface area contributed by atoms with Gasteiger partial charge in [0.15, 0.2) is 5.96 Å². The molecule has 1 amide bonds. The SMILES string of the molecule is COc1ccc(CNC2=Nc3cc(C(=O)N[C@@H](Cc4c(C(C)(C)C)ccc(C(=O)O)c4OC)B4OC5CC6CC(C6(C)C)C5(C)O4)ccc3CN2)c(OC)c1. The summed E-state index contributed by atoms with van der Waals surface area (Å²) in [6.45, 7) is 14.0. The second-order valence-electron chi connectivity index (χ2n) is 17.0. The molecule has 2 aliphatic heterocycles. The van der Waals surface area contributed by atoms with E-state index >= 15 is 0 Å². The smallest absolute Gasteiger partial charge is 0.482 e. The van der Waals surface area contributed by atoms with E-state index in [1.54, 1.807) is 32.4 Å². The highest BCUT2D eigenvalue weighted by Crippen LogP contribution is 2.65. The van der Waals surface area contributed by atoms with Crippen LogP contribution in [0.5, 0.6) is 17.2 Å². The molecule has 4 unspecified atom stereocenters. The molecule has 5 atom stereocenters. The van der Waals surface area contributed by atoms with Crippen LogP contribution in [-0.4, -0.2) is 69.0 Å². The number of carbonyl (C=O) groups excluding carboxylic acids is 1. The number of nitrogens with one attached hydrogen (secondary N) is 3. The Morgan fingerprint density at radius 2 is 1.82 bits per heavy atom. The van der Waals surface area contributed by atoms with Crippen LogP contribution in [-0.2, 0) is 34.2 Å². The Labute approximate surface area is 323 Å². The Hall–Kier alpha value is -4.75. The zero-order valence-electron chi connectivity index (χ0n) is 33.3. The van der Waals surface area contributed by atoms with Gasteiger partial charge in [0.2, 0.25) is 0 Å². The van der Waals surface area contributed by atoms with Gasteiger partial charge in [0, 0.05) is 35.8 Å². The summed E-state index contributed by atoms with van der Waals surface area (Å²) in [5, 5.41) is 20.1. The molecule has 3 aromatic carbocycles. The van der Waals surface area contributed by atoms with E-state index in [0.717, 1.165) is 29.5 Å². The molecule has 8 rings (SSSR count). The zero-order chi connectivity index (χ0) is 39.4. The first kappa shape index (κ1) is 38.5. The lowest BCUT2D eigenvalue weighted by Crippen LogP contribution is -2.65. The van der Waals surface area contributed by atoms with Gasteiger partial charge in [-0.25, -0.2) is 9.79 Å². The van der Waals surface area contributed by atoms with Crippen LogP contribution in [0, 0.1) is 17.3 Å². The number of carboxylic acids is 1. The average molecular weight is 753 g/mol. The van der Waals surface area contributed by atoms with E-state index < -0.39 is 24.6 Å². The molecule has 0 aromatic heterocycles. The molecule has 12 nitrogen and oxygen atoms in total. The van der Waals surface area contributed by atoms with Gasteiger partial charge in [-0.05, 0) is 90.3 Å². The largest absolute Gasteiger partial charge is 0.497 e. The van der Waals surface area contributed by atoms with Crippen molar-refractivity contribution in [2.75, 3.05) is 21.3 Å². The number of guanidine groups is 1. The van der Waals surface area contributed by atoms with Gasteiger partial charge in [-0.3, -0.25) is 4.79 Å². The normalized spacial score (nSPS) is 23.9. The fourth-order valence-electron chi connectivity index (χ4n) is 9.27. The summed E-state index contributed by atoms with van der Waals surface area (Å²) in [5.41, 5.74) is 3.92. The van der Waals surface area contributed by atoms with E-state index in [1.807, 2.05) is 30.3 Å². The Bertz CT molecular complexity index is 2030. The maximum atomic E-state index is 14.3. The highest BCUT2D eigenvalue weighted by Gasteiger charge is 2.68. The molecule has 4 fully saturated rings. The number of carbonyl (C=O) groups is 2. The number of hydrogen-bond acceptors (Lipinski definition) is 10. The van der Waals surface area contributed by atoms with Crippen molar-refractivity contribution in [1.29, 1.82) is 0 Å². The third-order valence-electron chi connectivity index (χ3n) is 12.5. The summed E-state index contributed by atoms with van der Waals surface area (Å²) in [6, 6.07) is 14.6. The van der Waals surface area contributed by atoms with Crippen LogP contribution < -0.4 is 30.2 Å². The zero-order valence-corrected chi connectivity index (χ0v) is 33.3. The van der Waals surface area contributed by atoms with Gasteiger partial charge in [-0.2, -0.15) is 0 Å². The topological polar surface area (TPSA) is 149 Å². The minimum absolute atomic E-state index is 0.0584. The summed E-state index contributed by atoms with van der Waals surface area (Å²) in [7, 11) is 3.95. The van der Waals surface area contributed by atoms with Crippen molar-refractivity contribution in [2.24, 2.45) is 22.2 Å². The van der Waals surface area contributed by atoms with Crippen molar-refractivity contribution >= 4 is 30.6 Å². The van der Waals surface area contributed by atoms with Crippen molar-refractivity contribution in [3.8, 4) is 17.2 Å². The number of aromatic carboxylic acids is 1. The number of methoxy groups -OCH3 is 3. The van der Waals surface area contributed by atoms with Crippen molar-refractivity contribution in [3.05, 3.63) is 81.9 Å². The van der Waals surface area contributed by atoms with E-state index in [1.165, 1.54) is 7.11 Å². The van der Waals surface area contributed by atoms with Crippen molar-refractivity contribution in [2.45, 2.75) is 97.0 Å². The van der Waals surface area contributed by atoms with Crippen LogP contribution in [0.3, 0.4) is 0 Å². The molecule has 0 radical (unpaired) electrons. The number of amides is 1. The van der Waals surface area contributed by atoms with Gasteiger partial charge in [-0.1, -0.05) is 46.8 Å². The molecule has 2 bridgehead atoms. The van der Waals surface area contributed by atoms with Crippen molar-refractivity contribution in [3.63, 3.8) is 0 Å². The van der Waals surface area contributed by atoms with Crippen LogP contribution in [0.25, 0.3) is 0 Å². The summed E-state index contributed by atoms with van der Waals surface area (Å²) < 4.78 is 30.4. The number of aliphatic imine (C=N–C) groups is 1. The first-order chi connectivity index (χ1) is 26.1. The van der Waals surface area contributed by atoms with E-state index in [0.29, 0.717) is 59.2 Å². The third-order valence-corrected chi connectivity index (χ3v) is 12.5. The van der Waals surface area contributed by atoms with E-state index in [9.17, 15) is 14.7 Å². The van der Waals surface area contributed by atoms with Gasteiger partial charge >= 0.3 is 13.1 Å². The lowest BCUT2D eigenvalue weighted by atomic mass is 9.43. The molecule has 4 N–H and O–H groups in total. The maximum Gasteiger partial charge on any atom is 0.482 e. The molecule has 3 saturated carbocycles. The highest BCUT2D eigenvalue weighted by molar-refractivity contribution is 6.48. The van der Waals surface area contributed by atoms with E-state index in [4.69, 9.17) is 28.5 Å². The number of carboxylic acid groups (broad SMARTS) is 1. The first-order valence-electron chi connectivity index (χ1n) is 19.0. The van der Waals surface area contributed by atoms with E-state index in [-0.39, 0.29) is 40.6 Å². The summed E-state index contributed by atoms with van der Waals surface area (Å²) in [6.07, 6.45) is 2.09. The van der Waals surface area contributed by atoms with Crippen LogP contribution in [0.2, 0.25) is 0 Å². The number of ether oxygens (including phenoxy) is 3. The molecule has 5 aliphatic rings. The average Bonchev–Trinajstić information content (AvgIpc) is 3.52. The fraction of sp³-hybridized carbons (Fsp3) is 0.500. The molecule has 0 spiro atoms. The van der Waals surface area contributed by atoms with Crippen LogP contribution in [0.1, 0.15) is 97.4 Å². The molecular formula is C42H53BN4O8.